The van der Waals surface area contributed by atoms with E-state index in [0.29, 0.717) is 12.6 Å². The van der Waals surface area contributed by atoms with Crippen LogP contribution in [0.2, 0.25) is 0 Å². The van der Waals surface area contributed by atoms with Crippen molar-refractivity contribution in [1.82, 2.24) is 10.6 Å². The molecule has 0 radical (unpaired) electrons. The van der Waals surface area contributed by atoms with Gasteiger partial charge in [-0.2, -0.15) is 0 Å². The molecule has 4 bridgehead atoms. The van der Waals surface area contributed by atoms with E-state index in [1.165, 1.54) is 32.1 Å². The van der Waals surface area contributed by atoms with Crippen LogP contribution >= 0.6 is 0 Å². The second-order valence-electron chi connectivity index (χ2n) is 8.72. The quantitative estimate of drug-likeness (QED) is 0.838. The average molecular weight is 306 g/mol. The molecule has 4 nitrogen and oxygen atoms in total. The van der Waals surface area contributed by atoms with Crippen molar-refractivity contribution in [1.29, 1.82) is 0 Å². The van der Waals surface area contributed by atoms with Gasteiger partial charge in [0.25, 0.3) is 0 Å². The van der Waals surface area contributed by atoms with Gasteiger partial charge in [0.2, 0.25) is 5.91 Å². The summed E-state index contributed by atoms with van der Waals surface area (Å²) >= 11 is 0. The predicted octanol–water partition coefficient (Wildman–Crippen LogP) is 1.94. The fourth-order valence-electron chi connectivity index (χ4n) is 5.67. The van der Waals surface area contributed by atoms with E-state index in [0.717, 1.165) is 36.8 Å². The Morgan fingerprint density at radius 1 is 1.09 bits per heavy atom. The van der Waals surface area contributed by atoms with Gasteiger partial charge in [0.05, 0.1) is 18.1 Å². The Labute approximate surface area is 133 Å². The zero-order chi connectivity index (χ0) is 15.3. The fourth-order valence-corrected chi connectivity index (χ4v) is 5.67. The molecule has 5 fully saturated rings. The van der Waals surface area contributed by atoms with Gasteiger partial charge in [-0.1, -0.05) is 0 Å². The average Bonchev–Trinajstić information content (AvgIpc) is 2.50. The zero-order valence-corrected chi connectivity index (χ0v) is 13.9. The molecular weight excluding hydrogens is 276 g/mol. The van der Waals surface area contributed by atoms with Crippen molar-refractivity contribution in [3.05, 3.63) is 0 Å². The van der Waals surface area contributed by atoms with Crippen molar-refractivity contribution >= 4 is 5.91 Å². The minimum atomic E-state index is -0.456. The fraction of sp³-hybridized carbons (Fsp3) is 0.944. The van der Waals surface area contributed by atoms with Gasteiger partial charge >= 0.3 is 0 Å². The lowest BCUT2D eigenvalue weighted by molar-refractivity contribution is -0.143. The third-order valence-corrected chi connectivity index (χ3v) is 6.84. The lowest BCUT2D eigenvalue weighted by Gasteiger charge is -2.55. The van der Waals surface area contributed by atoms with Crippen LogP contribution in [0.1, 0.15) is 46.0 Å². The molecule has 2 N–H and O–H groups in total. The highest BCUT2D eigenvalue weighted by atomic mass is 16.5. The maximum atomic E-state index is 12.9. The molecule has 124 valence electrons. The Balaban J connectivity index is 1.43. The lowest BCUT2D eigenvalue weighted by Crippen LogP contribution is -2.60. The molecule has 4 heteroatoms. The highest BCUT2D eigenvalue weighted by Gasteiger charge is 2.50. The van der Waals surface area contributed by atoms with Crippen LogP contribution in [0.25, 0.3) is 0 Å². The number of carbonyl (C=O) groups excluding carboxylic acids is 1. The zero-order valence-electron chi connectivity index (χ0n) is 13.9. The number of rotatable bonds is 3. The molecule has 1 unspecified atom stereocenters. The topological polar surface area (TPSA) is 50.4 Å². The van der Waals surface area contributed by atoms with Crippen LogP contribution in [0.5, 0.6) is 0 Å². The molecule has 22 heavy (non-hydrogen) atoms. The Morgan fingerprint density at radius 2 is 1.73 bits per heavy atom. The van der Waals surface area contributed by atoms with Gasteiger partial charge in [-0.25, -0.2) is 0 Å². The monoisotopic (exact) mass is 306 g/mol. The Morgan fingerprint density at radius 3 is 2.27 bits per heavy atom. The molecule has 0 aromatic heterocycles. The third-order valence-electron chi connectivity index (χ3n) is 6.84. The first-order valence-electron chi connectivity index (χ1n) is 9.17. The first kappa shape index (κ1) is 14.9. The predicted molar refractivity (Wildman–Crippen MR) is 85.4 cm³/mol. The maximum Gasteiger partial charge on any atom is 0.228 e. The number of morpholine rings is 1. The number of carbonyl (C=O) groups is 1. The summed E-state index contributed by atoms with van der Waals surface area (Å²) in [6.45, 7) is 6.46. The van der Waals surface area contributed by atoms with Crippen LogP contribution < -0.4 is 10.6 Å². The van der Waals surface area contributed by atoms with Crippen molar-refractivity contribution in [3.8, 4) is 0 Å². The van der Waals surface area contributed by atoms with Crippen LogP contribution in [-0.2, 0) is 9.53 Å². The van der Waals surface area contributed by atoms with Crippen LogP contribution in [-0.4, -0.2) is 37.7 Å². The van der Waals surface area contributed by atoms with E-state index in [1.54, 1.807) is 0 Å². The van der Waals surface area contributed by atoms with E-state index in [1.807, 2.05) is 13.8 Å². The largest absolute Gasteiger partial charge is 0.374 e. The standard InChI is InChI=1S/C18H30N2O2/c1-18(2,15-10-19-3-4-22-15)17(21)20-16-13-6-11-5-12(8-13)9-14(16)7-11/h11-16,19H,3-10H2,1-2H3,(H,20,21). The minimum Gasteiger partial charge on any atom is -0.374 e. The second kappa shape index (κ2) is 5.48. The SMILES string of the molecule is CC(C)(C(=O)NC1C2CC3CC(C2)CC1C3)C1CNCCO1. The summed E-state index contributed by atoms with van der Waals surface area (Å²) in [6, 6.07) is 0.427. The van der Waals surface area contributed by atoms with Gasteiger partial charge in [-0.3, -0.25) is 4.79 Å². The highest BCUT2D eigenvalue weighted by molar-refractivity contribution is 5.83. The summed E-state index contributed by atoms with van der Waals surface area (Å²) in [6.07, 6.45) is 6.83. The number of hydrogen-bond acceptors (Lipinski definition) is 3. The van der Waals surface area contributed by atoms with Crippen LogP contribution in [0, 0.1) is 29.1 Å². The van der Waals surface area contributed by atoms with E-state index >= 15 is 0 Å². The maximum absolute atomic E-state index is 12.9. The van der Waals surface area contributed by atoms with Gasteiger partial charge < -0.3 is 15.4 Å². The van der Waals surface area contributed by atoms with Crippen molar-refractivity contribution in [2.75, 3.05) is 19.7 Å². The van der Waals surface area contributed by atoms with E-state index < -0.39 is 5.41 Å². The van der Waals surface area contributed by atoms with Gasteiger partial charge in [0, 0.05) is 19.1 Å². The highest BCUT2D eigenvalue weighted by Crippen LogP contribution is 2.53. The summed E-state index contributed by atoms with van der Waals surface area (Å²) in [7, 11) is 0. The number of hydrogen-bond donors (Lipinski definition) is 2. The normalized spacial score (nSPS) is 44.1. The van der Waals surface area contributed by atoms with Gasteiger partial charge in [0.1, 0.15) is 0 Å². The molecule has 5 rings (SSSR count). The number of nitrogens with one attached hydrogen (secondary N) is 2. The van der Waals surface area contributed by atoms with Crippen molar-refractivity contribution in [3.63, 3.8) is 0 Å². The summed E-state index contributed by atoms with van der Waals surface area (Å²) in [5, 5.41) is 6.80. The Kier molecular flexibility index (Phi) is 3.73. The Bertz CT molecular complexity index is 414. The summed E-state index contributed by atoms with van der Waals surface area (Å²) in [4.78, 5) is 12.9. The molecule has 0 aromatic carbocycles. The van der Waals surface area contributed by atoms with Crippen molar-refractivity contribution < 1.29 is 9.53 Å². The molecule has 0 spiro atoms. The smallest absolute Gasteiger partial charge is 0.228 e. The van der Waals surface area contributed by atoms with Crippen molar-refractivity contribution in [2.24, 2.45) is 29.1 Å². The summed E-state index contributed by atoms with van der Waals surface area (Å²) in [5.41, 5.74) is -0.456. The minimum absolute atomic E-state index is 0.0157. The molecular formula is C18H30N2O2. The van der Waals surface area contributed by atoms with Gasteiger partial charge in [-0.05, 0) is 69.6 Å². The molecule has 4 saturated carbocycles. The molecule has 5 aliphatic rings. The Hall–Kier alpha value is -0.610. The lowest BCUT2D eigenvalue weighted by atomic mass is 9.54. The van der Waals surface area contributed by atoms with Gasteiger partial charge in [0.15, 0.2) is 0 Å². The summed E-state index contributed by atoms with van der Waals surface area (Å²) in [5.74, 6) is 3.57. The molecule has 0 aromatic rings. The van der Waals surface area contributed by atoms with Crippen LogP contribution in [0.15, 0.2) is 0 Å². The van der Waals surface area contributed by atoms with Crippen LogP contribution in [0.3, 0.4) is 0 Å². The molecule has 1 atom stereocenters. The molecule has 1 aliphatic heterocycles. The molecule has 1 heterocycles. The van der Waals surface area contributed by atoms with E-state index in [4.69, 9.17) is 4.74 Å². The summed E-state index contributed by atoms with van der Waals surface area (Å²) < 4.78 is 5.85. The van der Waals surface area contributed by atoms with Gasteiger partial charge in [-0.15, -0.1) is 0 Å². The molecule has 1 amide bonds. The third kappa shape index (κ3) is 2.48. The number of ether oxygens (including phenoxy) is 1. The van der Waals surface area contributed by atoms with Crippen molar-refractivity contribution in [2.45, 2.75) is 58.1 Å². The van der Waals surface area contributed by atoms with E-state index in [9.17, 15) is 4.79 Å². The first-order chi connectivity index (χ1) is 10.5. The number of amides is 1. The van der Waals surface area contributed by atoms with E-state index in [-0.39, 0.29) is 12.0 Å². The molecule has 4 aliphatic carbocycles. The van der Waals surface area contributed by atoms with E-state index in [2.05, 4.69) is 10.6 Å². The second-order valence-corrected chi connectivity index (χ2v) is 8.72. The first-order valence-corrected chi connectivity index (χ1v) is 9.17. The molecule has 1 saturated heterocycles. The van der Waals surface area contributed by atoms with Crippen LogP contribution in [0.4, 0.5) is 0 Å².